The number of fused-ring (bicyclic) bond motifs is 2. The number of allylic oxidation sites excluding steroid dienone is 1. The molecule has 5 aliphatic rings. The average molecular weight is 782 g/mol. The van der Waals surface area contributed by atoms with Gasteiger partial charge in [-0.15, -0.1) is 6.58 Å². The van der Waals surface area contributed by atoms with E-state index in [9.17, 15) is 20.1 Å². The van der Waals surface area contributed by atoms with E-state index in [1.54, 1.807) is 13.2 Å². The number of carbonyl (C=O) groups is 1. The molecule has 12 nitrogen and oxygen atoms in total. The van der Waals surface area contributed by atoms with Crippen molar-refractivity contribution in [1.82, 2.24) is 9.80 Å². The number of aliphatic hydroxyl groups excluding tert-OH is 3. The van der Waals surface area contributed by atoms with E-state index in [0.29, 0.717) is 44.1 Å². The number of amides is 1. The number of rotatable bonds is 25. The van der Waals surface area contributed by atoms with E-state index in [1.165, 1.54) is 12.8 Å². The molecule has 0 unspecified atom stereocenters. The molecule has 6 atom stereocenters. The van der Waals surface area contributed by atoms with E-state index in [2.05, 4.69) is 23.6 Å². The largest absolute Gasteiger partial charge is 0.492 e. The van der Waals surface area contributed by atoms with E-state index < -0.39 is 11.8 Å². The Kier molecular flexibility index (Phi) is 16.1. The zero-order valence-corrected chi connectivity index (χ0v) is 33.7. The van der Waals surface area contributed by atoms with Crippen molar-refractivity contribution >= 4 is 11.6 Å². The summed E-state index contributed by atoms with van der Waals surface area (Å²) in [7, 11) is 1.57. The molecule has 56 heavy (non-hydrogen) atoms. The van der Waals surface area contributed by atoms with Crippen LogP contribution in [-0.2, 0) is 19.1 Å². The molecule has 2 saturated carbocycles. The Hall–Kier alpha value is -3.00. The number of hydrogen-bond donors (Lipinski definition) is 3. The number of hydrogen-bond acceptors (Lipinski definition) is 11. The molecule has 12 heteroatoms. The summed E-state index contributed by atoms with van der Waals surface area (Å²) in [5.41, 5.74) is 2.83. The van der Waals surface area contributed by atoms with Crippen LogP contribution in [0.1, 0.15) is 95.0 Å². The van der Waals surface area contributed by atoms with Gasteiger partial charge in [-0.1, -0.05) is 55.8 Å². The monoisotopic (exact) mass is 781 g/mol. The first-order valence-corrected chi connectivity index (χ1v) is 21.4. The molecule has 1 aromatic rings. The van der Waals surface area contributed by atoms with Gasteiger partial charge in [-0.2, -0.15) is 0 Å². The normalized spacial score (nSPS) is 27.6. The van der Waals surface area contributed by atoms with Crippen LogP contribution >= 0.6 is 0 Å². The van der Waals surface area contributed by atoms with Crippen LogP contribution in [0, 0.1) is 23.7 Å². The topological polar surface area (TPSA) is 143 Å². The maximum atomic E-state index is 14.7. The van der Waals surface area contributed by atoms with Gasteiger partial charge < -0.3 is 44.0 Å². The van der Waals surface area contributed by atoms with Crippen LogP contribution in [0.4, 0.5) is 0 Å². The highest BCUT2D eigenvalue weighted by atomic mass is 16.7. The number of nitrogens with zero attached hydrogens (tertiary/aromatic N) is 3. The molecule has 1 aromatic carbocycles. The minimum Gasteiger partial charge on any atom is -0.492 e. The third kappa shape index (κ3) is 10.2. The first-order valence-electron chi connectivity index (χ1n) is 21.4. The molecular formula is C44H67N3O9. The highest BCUT2D eigenvalue weighted by Crippen LogP contribution is 2.62. The van der Waals surface area contributed by atoms with E-state index >= 15 is 0 Å². The van der Waals surface area contributed by atoms with Crippen LogP contribution in [0.3, 0.4) is 0 Å². The van der Waals surface area contributed by atoms with E-state index in [-0.39, 0.29) is 69.2 Å². The maximum absolute atomic E-state index is 14.7. The first kappa shape index (κ1) is 42.6. The van der Waals surface area contributed by atoms with Gasteiger partial charge >= 0.3 is 0 Å². The lowest BCUT2D eigenvalue weighted by Crippen LogP contribution is -2.70. The fourth-order valence-electron chi connectivity index (χ4n) is 9.99. The zero-order chi connectivity index (χ0) is 39.3. The number of benzene rings is 1. The third-order valence-corrected chi connectivity index (χ3v) is 12.7. The van der Waals surface area contributed by atoms with Crippen molar-refractivity contribution in [2.75, 3.05) is 79.5 Å². The van der Waals surface area contributed by atoms with Crippen molar-refractivity contribution in [3.8, 4) is 11.5 Å². The van der Waals surface area contributed by atoms with E-state index in [4.69, 9.17) is 28.9 Å². The molecule has 3 fully saturated rings. The Labute approximate surface area is 333 Å². The molecule has 0 spiro atoms. The molecule has 312 valence electrons. The maximum Gasteiger partial charge on any atom is 0.239 e. The number of ether oxygens (including phenoxy) is 4. The second-order valence-corrected chi connectivity index (χ2v) is 16.3. The average Bonchev–Trinajstić information content (AvgIpc) is 3.88. The minimum atomic E-state index is -1.31. The fraction of sp³-hybridized carbons (Fsp3) is 0.727. The molecule has 0 radical (unpaired) electrons. The number of unbranched alkanes of at least 4 members (excludes halogenated alkanes) is 2. The van der Waals surface area contributed by atoms with Crippen molar-refractivity contribution < 1.29 is 43.9 Å². The van der Waals surface area contributed by atoms with Gasteiger partial charge in [0.25, 0.3) is 0 Å². The third-order valence-electron chi connectivity index (χ3n) is 12.7. The molecule has 2 aliphatic heterocycles. The summed E-state index contributed by atoms with van der Waals surface area (Å²) in [6.45, 7) is 8.84. The highest BCUT2D eigenvalue weighted by molar-refractivity contribution is 6.03. The second-order valence-electron chi connectivity index (χ2n) is 16.3. The Morgan fingerprint density at radius 3 is 2.54 bits per heavy atom. The Bertz CT molecular complexity index is 1480. The van der Waals surface area contributed by atoms with Crippen LogP contribution in [0.5, 0.6) is 11.5 Å². The van der Waals surface area contributed by atoms with Gasteiger partial charge in [-0.05, 0) is 73.6 Å². The molecule has 1 amide bonds. The van der Waals surface area contributed by atoms with Crippen LogP contribution in [0.15, 0.2) is 47.7 Å². The lowest BCUT2D eigenvalue weighted by molar-refractivity contribution is -0.258. The lowest BCUT2D eigenvalue weighted by Gasteiger charge is -2.60. The summed E-state index contributed by atoms with van der Waals surface area (Å²) >= 11 is 0. The summed E-state index contributed by atoms with van der Waals surface area (Å²) in [5, 5.41) is 33.9. The predicted octanol–water partition coefficient (Wildman–Crippen LogP) is 5.45. The first-order chi connectivity index (χ1) is 27.5. The summed E-state index contributed by atoms with van der Waals surface area (Å²) in [6.07, 6.45) is 15.3. The van der Waals surface area contributed by atoms with Crippen molar-refractivity contribution in [3.05, 3.63) is 48.1 Å². The number of aliphatic hydroxyl groups is 3. The predicted molar refractivity (Wildman–Crippen MR) is 215 cm³/mol. The van der Waals surface area contributed by atoms with Gasteiger partial charge in [-0.25, -0.2) is 0 Å². The van der Waals surface area contributed by atoms with Crippen molar-refractivity contribution in [1.29, 1.82) is 0 Å². The standard InChI is InChI=1S/C44H67N3O9/c1-3-25-55-44-40(47(21-26-53-28-24-50)41(51)17-14-32-10-4-5-11-32)31-38(45-52-2)36-29-33(12-6-8-22-48)35(13-7-9-23-49)42(43(36)44)37-30-34(15-16-39(37)56-44)54-27-20-46-18-19-46/h3,15-16,29-30,32-33,35,40,42-43,48-50H,1,4-14,17-28,31H2,2H3/t33-,35+,40-,42+,43+,44+/m0/s1. The molecular weight excluding hydrogens is 714 g/mol. The molecule has 0 bridgehead atoms. The molecule has 2 heterocycles. The van der Waals surface area contributed by atoms with Gasteiger partial charge in [0.2, 0.25) is 11.7 Å². The number of carbonyl (C=O) groups excluding carboxylic acids is 1. The summed E-state index contributed by atoms with van der Waals surface area (Å²) in [5.74, 6) is 0.581. The van der Waals surface area contributed by atoms with Crippen LogP contribution in [-0.4, -0.2) is 128 Å². The summed E-state index contributed by atoms with van der Waals surface area (Å²) in [4.78, 5) is 24.5. The molecule has 6 rings (SSSR count). The Balaban J connectivity index is 1.49. The van der Waals surface area contributed by atoms with Crippen molar-refractivity contribution in [2.24, 2.45) is 28.8 Å². The van der Waals surface area contributed by atoms with Gasteiger partial charge in [-0.3, -0.25) is 9.69 Å². The number of oxime groups is 1. The second kappa shape index (κ2) is 21.1. The molecule has 3 N–H and O–H groups in total. The molecule has 1 saturated heterocycles. The van der Waals surface area contributed by atoms with E-state index in [0.717, 1.165) is 93.6 Å². The van der Waals surface area contributed by atoms with Crippen LogP contribution in [0.25, 0.3) is 0 Å². The minimum absolute atomic E-state index is 0.0264. The smallest absolute Gasteiger partial charge is 0.239 e. The van der Waals surface area contributed by atoms with E-state index in [1.807, 2.05) is 17.0 Å². The van der Waals surface area contributed by atoms with Crippen molar-refractivity contribution in [3.63, 3.8) is 0 Å². The van der Waals surface area contributed by atoms with Crippen LogP contribution < -0.4 is 9.47 Å². The quantitative estimate of drug-likeness (QED) is 0.0508. The lowest BCUT2D eigenvalue weighted by atomic mass is 9.55. The molecule has 3 aliphatic carbocycles. The highest BCUT2D eigenvalue weighted by Gasteiger charge is 2.65. The van der Waals surface area contributed by atoms with Gasteiger partial charge in [0.15, 0.2) is 0 Å². The van der Waals surface area contributed by atoms with Crippen molar-refractivity contribution in [2.45, 2.75) is 101 Å². The van der Waals surface area contributed by atoms with Gasteiger partial charge in [0.1, 0.15) is 31.3 Å². The zero-order valence-electron chi connectivity index (χ0n) is 33.7. The van der Waals surface area contributed by atoms with Crippen LogP contribution in [0.2, 0.25) is 0 Å². The summed E-state index contributed by atoms with van der Waals surface area (Å²) in [6, 6.07) is 5.55. The Morgan fingerprint density at radius 1 is 1.04 bits per heavy atom. The molecule has 0 aromatic heterocycles. The SMILES string of the molecule is C=CCO[C@@]12Oc3ccc(OCCN4CC4)cc3[C@H]3[C@H](CCCCO)[C@@H](CCCCO)C=C(C(=NOC)C[C@@H]1N(CCOCCO)C(=O)CCC1CCCC1)[C@H]32. The fourth-order valence-corrected chi connectivity index (χ4v) is 9.99. The summed E-state index contributed by atoms with van der Waals surface area (Å²) < 4.78 is 26.6. The van der Waals surface area contributed by atoms with Gasteiger partial charge in [0.05, 0.1) is 38.1 Å². The van der Waals surface area contributed by atoms with Gasteiger partial charge in [0, 0.05) is 63.7 Å². The Morgan fingerprint density at radius 2 is 1.82 bits per heavy atom.